The standard InChI is InChI=1S/C27H38ClN7O5S/c1-6-25(36)30-21-14-22(24(39-4)15-23(21)34-12-9-18(10-13-34)33(2)3)31-27-29-16-20(28)26(32-27)40-19-8-7-11-35(17-19)41(5,37)38/h6,14-16,18-19H,1,7-13,17H2,2-5H3,(H,30,36)(H,29,31,32)/t19-/m0/s1. The first kappa shape index (κ1) is 30.8. The second-order valence-electron chi connectivity index (χ2n) is 10.4. The van der Waals surface area contributed by atoms with Gasteiger partial charge in [0.2, 0.25) is 27.8 Å². The number of hydrogen-bond donors (Lipinski definition) is 2. The molecule has 2 N–H and O–H groups in total. The molecular formula is C27H38ClN7O5S. The van der Waals surface area contributed by atoms with Crippen molar-refractivity contribution in [2.24, 2.45) is 0 Å². The minimum atomic E-state index is -3.33. The van der Waals surface area contributed by atoms with Gasteiger partial charge in [0.1, 0.15) is 16.9 Å². The quantitative estimate of drug-likeness (QED) is 0.388. The Labute approximate surface area is 246 Å². The fourth-order valence-electron chi connectivity index (χ4n) is 5.08. The van der Waals surface area contributed by atoms with Crippen molar-refractivity contribution in [1.29, 1.82) is 0 Å². The van der Waals surface area contributed by atoms with E-state index in [0.717, 1.165) is 31.6 Å². The van der Waals surface area contributed by atoms with E-state index >= 15 is 0 Å². The number of nitrogens with one attached hydrogen (secondary N) is 2. The number of rotatable bonds is 10. The summed E-state index contributed by atoms with van der Waals surface area (Å²) in [6, 6.07) is 4.16. The molecule has 41 heavy (non-hydrogen) atoms. The highest BCUT2D eigenvalue weighted by molar-refractivity contribution is 7.88. The number of carbonyl (C=O) groups is 1. The monoisotopic (exact) mass is 607 g/mol. The molecule has 1 atom stereocenters. The molecule has 1 aromatic heterocycles. The average molecular weight is 608 g/mol. The maximum atomic E-state index is 12.3. The van der Waals surface area contributed by atoms with Crippen LogP contribution in [0.25, 0.3) is 0 Å². The number of benzene rings is 1. The number of halogens is 1. The Balaban J connectivity index is 1.59. The zero-order chi connectivity index (χ0) is 29.7. The van der Waals surface area contributed by atoms with E-state index in [1.54, 1.807) is 13.2 Å². The van der Waals surface area contributed by atoms with E-state index in [2.05, 4.69) is 51.1 Å². The largest absolute Gasteiger partial charge is 0.494 e. The molecule has 3 heterocycles. The summed E-state index contributed by atoms with van der Waals surface area (Å²) >= 11 is 6.34. The van der Waals surface area contributed by atoms with Crippen LogP contribution in [0, 0.1) is 0 Å². The zero-order valence-electron chi connectivity index (χ0n) is 23.9. The number of anilines is 4. The average Bonchev–Trinajstić information content (AvgIpc) is 2.94. The lowest BCUT2D eigenvalue weighted by Crippen LogP contribution is -2.43. The van der Waals surface area contributed by atoms with Crippen LogP contribution in [0.1, 0.15) is 25.7 Å². The summed E-state index contributed by atoms with van der Waals surface area (Å²) in [7, 11) is 2.42. The van der Waals surface area contributed by atoms with Gasteiger partial charge >= 0.3 is 0 Å². The summed E-state index contributed by atoms with van der Waals surface area (Å²) in [5, 5.41) is 6.27. The van der Waals surface area contributed by atoms with Gasteiger partial charge in [0.15, 0.2) is 0 Å². The summed E-state index contributed by atoms with van der Waals surface area (Å²) in [5.74, 6) is 0.533. The second-order valence-corrected chi connectivity index (χ2v) is 12.8. The van der Waals surface area contributed by atoms with Gasteiger partial charge in [-0.3, -0.25) is 4.79 Å². The van der Waals surface area contributed by atoms with Gasteiger partial charge in [0, 0.05) is 31.7 Å². The molecule has 12 nitrogen and oxygen atoms in total. The van der Waals surface area contributed by atoms with Crippen molar-refractivity contribution in [1.82, 2.24) is 19.2 Å². The Morgan fingerprint density at radius 1 is 1.20 bits per heavy atom. The third-order valence-corrected chi connectivity index (χ3v) is 8.87. The van der Waals surface area contributed by atoms with Crippen molar-refractivity contribution in [3.8, 4) is 11.6 Å². The van der Waals surface area contributed by atoms with Gasteiger partial charge in [0.25, 0.3) is 0 Å². The molecule has 2 saturated heterocycles. The third-order valence-electron chi connectivity index (χ3n) is 7.34. The molecule has 0 aliphatic carbocycles. The molecule has 2 fully saturated rings. The van der Waals surface area contributed by atoms with Crippen LogP contribution in [0.3, 0.4) is 0 Å². The molecule has 1 aromatic carbocycles. The van der Waals surface area contributed by atoms with Crippen molar-refractivity contribution >= 4 is 50.5 Å². The van der Waals surface area contributed by atoms with Crippen LogP contribution in [0.4, 0.5) is 23.0 Å². The summed E-state index contributed by atoms with van der Waals surface area (Å²) in [4.78, 5) is 25.5. The Morgan fingerprint density at radius 3 is 2.56 bits per heavy atom. The van der Waals surface area contributed by atoms with E-state index in [4.69, 9.17) is 21.1 Å². The molecule has 1 amide bonds. The molecule has 14 heteroatoms. The highest BCUT2D eigenvalue weighted by Gasteiger charge is 2.28. The lowest BCUT2D eigenvalue weighted by molar-refractivity contribution is -0.111. The van der Waals surface area contributed by atoms with Gasteiger partial charge in [-0.1, -0.05) is 18.2 Å². The molecule has 0 unspecified atom stereocenters. The SMILES string of the molecule is C=CC(=O)Nc1cc(Nc2ncc(Cl)c(O[C@H]3CCCN(S(C)(=O)=O)C3)n2)c(OC)cc1N1CCC(N(C)C)CC1. The van der Waals surface area contributed by atoms with E-state index in [0.29, 0.717) is 42.6 Å². The number of hydrogen-bond acceptors (Lipinski definition) is 10. The molecule has 0 spiro atoms. The van der Waals surface area contributed by atoms with E-state index in [1.807, 2.05) is 6.07 Å². The number of nitrogens with zero attached hydrogens (tertiary/aromatic N) is 5. The highest BCUT2D eigenvalue weighted by atomic mass is 35.5. The zero-order valence-corrected chi connectivity index (χ0v) is 25.5. The van der Waals surface area contributed by atoms with Crippen LogP contribution < -0.4 is 25.0 Å². The second kappa shape index (κ2) is 13.2. The lowest BCUT2D eigenvalue weighted by Gasteiger charge is -2.37. The minimum absolute atomic E-state index is 0.143. The molecule has 2 aromatic rings. The molecule has 0 saturated carbocycles. The van der Waals surface area contributed by atoms with Crippen molar-refractivity contribution in [3.63, 3.8) is 0 Å². The fourth-order valence-corrected chi connectivity index (χ4v) is 6.11. The molecule has 0 bridgehead atoms. The predicted octanol–water partition coefficient (Wildman–Crippen LogP) is 3.34. The number of aromatic nitrogens is 2. The maximum absolute atomic E-state index is 12.3. The van der Waals surface area contributed by atoms with Gasteiger partial charge in [-0.05, 0) is 51.9 Å². The van der Waals surface area contributed by atoms with Crippen LogP contribution in [0.2, 0.25) is 5.02 Å². The normalized spacial score (nSPS) is 18.7. The number of piperidine rings is 2. The third kappa shape index (κ3) is 7.79. The van der Waals surface area contributed by atoms with Crippen LogP contribution in [0.5, 0.6) is 11.6 Å². The van der Waals surface area contributed by atoms with E-state index in [1.165, 1.54) is 22.8 Å². The number of sulfonamides is 1. The smallest absolute Gasteiger partial charge is 0.247 e. The Kier molecular flexibility index (Phi) is 9.95. The Bertz CT molecular complexity index is 1370. The topological polar surface area (TPSA) is 129 Å². The number of carbonyl (C=O) groups excluding carboxylic acids is 1. The van der Waals surface area contributed by atoms with Crippen LogP contribution in [0.15, 0.2) is 31.0 Å². The van der Waals surface area contributed by atoms with Crippen molar-refractivity contribution in [2.75, 3.05) is 69.2 Å². The van der Waals surface area contributed by atoms with Gasteiger partial charge in [-0.25, -0.2) is 13.4 Å². The molecule has 224 valence electrons. The Morgan fingerprint density at radius 2 is 1.93 bits per heavy atom. The van der Waals surface area contributed by atoms with Crippen LogP contribution in [-0.4, -0.2) is 99.3 Å². The molecular weight excluding hydrogens is 570 g/mol. The first-order chi connectivity index (χ1) is 19.5. The summed E-state index contributed by atoms with van der Waals surface area (Å²) in [6.07, 6.45) is 6.75. The highest BCUT2D eigenvalue weighted by Crippen LogP contribution is 2.39. The molecule has 0 radical (unpaired) electrons. The van der Waals surface area contributed by atoms with Gasteiger partial charge in [0.05, 0.1) is 43.2 Å². The molecule has 4 rings (SSSR count). The first-order valence-corrected chi connectivity index (χ1v) is 15.7. The van der Waals surface area contributed by atoms with E-state index in [9.17, 15) is 13.2 Å². The maximum Gasteiger partial charge on any atom is 0.247 e. The van der Waals surface area contributed by atoms with Crippen LogP contribution >= 0.6 is 11.6 Å². The van der Waals surface area contributed by atoms with Crippen molar-refractivity contribution in [2.45, 2.75) is 37.8 Å². The number of ether oxygens (including phenoxy) is 2. The Hall–Kier alpha value is -3.13. The van der Waals surface area contributed by atoms with Crippen LogP contribution in [-0.2, 0) is 14.8 Å². The van der Waals surface area contributed by atoms with E-state index in [-0.39, 0.29) is 29.3 Å². The van der Waals surface area contributed by atoms with Gasteiger partial charge in [-0.15, -0.1) is 0 Å². The fraction of sp³-hybridized carbons (Fsp3) is 0.519. The number of amides is 1. The van der Waals surface area contributed by atoms with Gasteiger partial charge in [-0.2, -0.15) is 9.29 Å². The summed E-state index contributed by atoms with van der Waals surface area (Å²) < 4.78 is 37.1. The minimum Gasteiger partial charge on any atom is -0.494 e. The lowest BCUT2D eigenvalue weighted by atomic mass is 10.0. The summed E-state index contributed by atoms with van der Waals surface area (Å²) in [6.45, 7) is 5.91. The molecule has 2 aliphatic heterocycles. The molecule has 2 aliphatic rings. The summed E-state index contributed by atoms with van der Waals surface area (Å²) in [5.41, 5.74) is 1.96. The van der Waals surface area contributed by atoms with Crippen molar-refractivity contribution < 1.29 is 22.7 Å². The first-order valence-electron chi connectivity index (χ1n) is 13.5. The van der Waals surface area contributed by atoms with Gasteiger partial charge < -0.3 is 29.9 Å². The number of methoxy groups -OCH3 is 1. The van der Waals surface area contributed by atoms with E-state index < -0.39 is 16.1 Å². The van der Waals surface area contributed by atoms with Crippen molar-refractivity contribution in [3.05, 3.63) is 36.0 Å². The predicted molar refractivity (Wildman–Crippen MR) is 161 cm³/mol.